The molecule has 1 heterocycles. The van der Waals surface area contributed by atoms with E-state index >= 15 is 0 Å². The Balaban J connectivity index is 0.00000404. The predicted octanol–water partition coefficient (Wildman–Crippen LogP) is 5.51. The van der Waals surface area contributed by atoms with Gasteiger partial charge in [0.2, 0.25) is 6.79 Å². The van der Waals surface area contributed by atoms with Crippen LogP contribution in [0.2, 0.25) is 0 Å². The third-order valence-electron chi connectivity index (χ3n) is 10.7. The van der Waals surface area contributed by atoms with Crippen molar-refractivity contribution in [3.8, 4) is 11.8 Å². The summed E-state index contributed by atoms with van der Waals surface area (Å²) in [5.74, 6) is 2.75. The van der Waals surface area contributed by atoms with Crippen LogP contribution in [0.25, 0.3) is 0 Å². The van der Waals surface area contributed by atoms with E-state index in [0.29, 0.717) is 31.8 Å². The highest BCUT2D eigenvalue weighted by atomic mass is 16.7. The summed E-state index contributed by atoms with van der Waals surface area (Å²) in [6.07, 6.45) is -2.86. The molecule has 1 saturated carbocycles. The number of hydrogen-bond acceptors (Lipinski definition) is 12. The van der Waals surface area contributed by atoms with Crippen molar-refractivity contribution in [1.29, 1.82) is 0 Å². The number of ketones is 1. The number of carbonyl (C=O) groups excluding carboxylic acids is 1. The van der Waals surface area contributed by atoms with E-state index in [-0.39, 0.29) is 43.7 Å². The SMILES string of the molecule is CC.CC#CC.CC[C@H]1CC(=O)[C@H](C)[C@@H](O[C@H]2C[C@@](C)(OC)[C@@H](O)[C@H](C)O2)[C@H](C)C[C@](C)(O)C[C@@H](C)/C(=N\OCOCCOC)C(C)C(O)[C@]1(C)O. The van der Waals surface area contributed by atoms with Gasteiger partial charge in [-0.05, 0) is 66.2 Å². The fraction of sp³-hybridized carbons (Fsp3) is 0.900. The summed E-state index contributed by atoms with van der Waals surface area (Å²) in [5, 5.41) is 50.2. The first-order valence-corrected chi connectivity index (χ1v) is 19.1. The first-order chi connectivity index (χ1) is 24.3. The molecule has 0 radical (unpaired) electrons. The van der Waals surface area contributed by atoms with E-state index < -0.39 is 65.3 Å². The number of methoxy groups -OCH3 is 2. The number of rotatable bonds is 10. The Morgan fingerprint density at radius 1 is 0.904 bits per heavy atom. The van der Waals surface area contributed by atoms with Gasteiger partial charge in [-0.15, -0.1) is 11.8 Å². The number of Topliss-reactive ketones (excluding diaryl/α,β-unsaturated/α-hetero) is 1. The smallest absolute Gasteiger partial charge is 0.216 e. The van der Waals surface area contributed by atoms with E-state index in [1.54, 1.807) is 48.7 Å². The Kier molecular flexibility index (Phi) is 23.2. The lowest BCUT2D eigenvalue weighted by molar-refractivity contribution is -0.295. The predicted molar refractivity (Wildman–Crippen MR) is 203 cm³/mol. The molecule has 2 aliphatic rings. The minimum Gasteiger partial charge on any atom is -0.390 e. The van der Waals surface area contributed by atoms with Crippen molar-refractivity contribution in [2.45, 2.75) is 170 Å². The van der Waals surface area contributed by atoms with Crippen LogP contribution in [-0.2, 0) is 33.3 Å². The Hall–Kier alpha value is -1.66. The fourth-order valence-corrected chi connectivity index (χ4v) is 7.42. The van der Waals surface area contributed by atoms with Crippen molar-refractivity contribution in [2.75, 3.05) is 34.2 Å². The Morgan fingerprint density at radius 3 is 2.02 bits per heavy atom. The van der Waals surface area contributed by atoms with Crippen molar-refractivity contribution in [2.24, 2.45) is 34.7 Å². The van der Waals surface area contributed by atoms with E-state index in [4.69, 9.17) is 28.5 Å². The first-order valence-electron chi connectivity index (χ1n) is 19.1. The van der Waals surface area contributed by atoms with Gasteiger partial charge >= 0.3 is 0 Å². The lowest BCUT2D eigenvalue weighted by atomic mass is 9.70. The van der Waals surface area contributed by atoms with Crippen molar-refractivity contribution in [3.63, 3.8) is 0 Å². The van der Waals surface area contributed by atoms with Crippen LogP contribution < -0.4 is 0 Å². The highest BCUT2D eigenvalue weighted by Gasteiger charge is 2.49. The monoisotopic (exact) mass is 746 g/mol. The maximum absolute atomic E-state index is 13.9. The highest BCUT2D eigenvalue weighted by molar-refractivity contribution is 5.89. The first kappa shape index (κ1) is 50.3. The summed E-state index contributed by atoms with van der Waals surface area (Å²) in [4.78, 5) is 19.4. The normalized spacial score (nSPS) is 39.8. The Bertz CT molecular complexity index is 1100. The molecule has 12 nitrogen and oxygen atoms in total. The van der Waals surface area contributed by atoms with Gasteiger partial charge in [-0.3, -0.25) is 4.79 Å². The Morgan fingerprint density at radius 2 is 1.50 bits per heavy atom. The van der Waals surface area contributed by atoms with Crippen molar-refractivity contribution < 1.29 is 53.7 Å². The molecule has 0 aromatic rings. The summed E-state index contributed by atoms with van der Waals surface area (Å²) in [7, 11) is 3.11. The highest BCUT2D eigenvalue weighted by Crippen LogP contribution is 2.39. The molecule has 0 bridgehead atoms. The molecule has 12 heteroatoms. The second-order valence-corrected chi connectivity index (χ2v) is 15.0. The molecule has 306 valence electrons. The van der Waals surface area contributed by atoms with Gasteiger partial charge in [0.05, 0.1) is 54.0 Å². The van der Waals surface area contributed by atoms with Crippen LogP contribution in [0.5, 0.6) is 0 Å². The van der Waals surface area contributed by atoms with Crippen molar-refractivity contribution >= 4 is 11.5 Å². The minimum absolute atomic E-state index is 0.0136. The van der Waals surface area contributed by atoms with Crippen molar-refractivity contribution in [3.05, 3.63) is 0 Å². The number of carbonyl (C=O) groups is 1. The van der Waals surface area contributed by atoms with Gasteiger partial charge in [0.15, 0.2) is 6.29 Å². The molecular formula is C40H75NO11. The van der Waals surface area contributed by atoms with Gasteiger partial charge in [-0.2, -0.15) is 0 Å². The molecule has 1 aliphatic carbocycles. The van der Waals surface area contributed by atoms with E-state index in [1.807, 2.05) is 48.5 Å². The van der Waals surface area contributed by atoms with Crippen LogP contribution in [0.15, 0.2) is 5.16 Å². The summed E-state index contributed by atoms with van der Waals surface area (Å²) in [6.45, 7) is 24.4. The van der Waals surface area contributed by atoms with Crippen LogP contribution in [0.1, 0.15) is 122 Å². The van der Waals surface area contributed by atoms with E-state index in [2.05, 4.69) is 17.0 Å². The quantitative estimate of drug-likeness (QED) is 0.0965. The molecule has 0 aromatic carbocycles. The molecular weight excluding hydrogens is 670 g/mol. The number of hydrogen-bond donors (Lipinski definition) is 4. The van der Waals surface area contributed by atoms with Crippen molar-refractivity contribution in [1.82, 2.24) is 0 Å². The second kappa shape index (κ2) is 24.0. The average Bonchev–Trinajstić information content (AvgIpc) is 3.10. The summed E-state index contributed by atoms with van der Waals surface area (Å²) in [5.41, 5.74) is -3.31. The number of aliphatic hydroxyl groups is 4. The zero-order chi connectivity index (χ0) is 40.4. The van der Waals surface area contributed by atoms with E-state index in [0.717, 1.165) is 0 Å². The number of oxime groups is 1. The van der Waals surface area contributed by atoms with Crippen LogP contribution in [0, 0.1) is 41.4 Å². The molecule has 2 fully saturated rings. The van der Waals surface area contributed by atoms with Gasteiger partial charge < -0.3 is 48.9 Å². The lowest BCUT2D eigenvalue weighted by Crippen LogP contribution is -2.57. The lowest BCUT2D eigenvalue weighted by Gasteiger charge is -2.46. The zero-order valence-electron chi connectivity index (χ0n) is 35.0. The molecule has 1 aliphatic heterocycles. The number of nitrogens with zero attached hydrogens (tertiary/aromatic N) is 1. The summed E-state index contributed by atoms with van der Waals surface area (Å²) < 4.78 is 28.7. The second-order valence-electron chi connectivity index (χ2n) is 15.0. The van der Waals surface area contributed by atoms with Crippen LogP contribution >= 0.6 is 0 Å². The maximum Gasteiger partial charge on any atom is 0.216 e. The third-order valence-corrected chi connectivity index (χ3v) is 10.7. The standard InChI is InChI=1S/C34H63NO11.C4H6.C2H6/c1-12-25-15-26(36)22(4)29(46-27-18-33(8,42-11)31(38)24(6)45-27)21(3)17-32(7,39)16-20(2)28(23(5)30(37)34(25,9)40)35-44-19-43-14-13-41-10;1-3-4-2;1-2/h20-25,27,29-31,37-40H,12-19H2,1-11H3;1-2H3;1-2H3/b35-28+;;/t20-,21-,22+,23?,24+,25+,27+,29+,30?,31+,32-,33-,34-;;/m1../s1. The summed E-state index contributed by atoms with van der Waals surface area (Å²) in [6, 6.07) is 0. The molecule has 4 N–H and O–H groups in total. The zero-order valence-corrected chi connectivity index (χ0v) is 35.0. The third kappa shape index (κ3) is 14.9. The minimum atomic E-state index is -1.65. The molecule has 13 atom stereocenters. The molecule has 2 unspecified atom stereocenters. The topological polar surface area (TPSA) is 166 Å². The number of aliphatic hydroxyl groups excluding tert-OH is 2. The van der Waals surface area contributed by atoms with Crippen LogP contribution in [0.3, 0.4) is 0 Å². The van der Waals surface area contributed by atoms with Gasteiger partial charge in [-0.1, -0.05) is 60.0 Å². The average molecular weight is 746 g/mol. The largest absolute Gasteiger partial charge is 0.390 e. The summed E-state index contributed by atoms with van der Waals surface area (Å²) >= 11 is 0. The van der Waals surface area contributed by atoms with E-state index in [1.165, 1.54) is 7.11 Å². The van der Waals surface area contributed by atoms with Gasteiger partial charge in [-0.25, -0.2) is 0 Å². The molecule has 1 saturated heterocycles. The van der Waals surface area contributed by atoms with Gasteiger partial charge in [0, 0.05) is 44.8 Å². The molecule has 52 heavy (non-hydrogen) atoms. The Labute approximate surface area is 315 Å². The van der Waals surface area contributed by atoms with Crippen LogP contribution in [-0.4, -0.2) is 114 Å². The van der Waals surface area contributed by atoms with Gasteiger partial charge in [0.1, 0.15) is 11.9 Å². The van der Waals surface area contributed by atoms with Gasteiger partial charge in [0.25, 0.3) is 0 Å². The van der Waals surface area contributed by atoms with Crippen LogP contribution in [0.4, 0.5) is 0 Å². The number of ether oxygens (including phenoxy) is 5. The van der Waals surface area contributed by atoms with E-state index in [9.17, 15) is 25.2 Å². The fourth-order valence-electron chi connectivity index (χ4n) is 7.42. The molecule has 0 aromatic heterocycles. The molecule has 0 amide bonds. The molecule has 0 spiro atoms. The molecule has 2 rings (SSSR count). The maximum atomic E-state index is 13.9.